The first kappa shape index (κ1) is 12.2. The number of carbonyl (C=O) groups excluding carboxylic acids is 1. The maximum absolute atomic E-state index is 11.6. The lowest BCUT2D eigenvalue weighted by atomic mass is 10.2. The number of hydrogen-bond acceptors (Lipinski definition) is 3. The number of ketones is 1. The van der Waals surface area contributed by atoms with Crippen LogP contribution < -0.4 is 0 Å². The molecule has 0 amide bonds. The van der Waals surface area contributed by atoms with E-state index in [1.807, 2.05) is 25.9 Å². The van der Waals surface area contributed by atoms with Gasteiger partial charge in [0.2, 0.25) is 0 Å². The Morgan fingerprint density at radius 1 is 1.53 bits per heavy atom. The molecule has 1 rings (SSSR count). The van der Waals surface area contributed by atoms with E-state index in [1.54, 1.807) is 11.7 Å². The van der Waals surface area contributed by atoms with Crippen molar-refractivity contribution in [3.05, 3.63) is 16.4 Å². The van der Waals surface area contributed by atoms with Crippen LogP contribution in [0.2, 0.25) is 5.02 Å². The van der Waals surface area contributed by atoms with Gasteiger partial charge in [0.05, 0.1) is 29.4 Å². The molecule has 0 bridgehead atoms. The summed E-state index contributed by atoms with van der Waals surface area (Å²) < 4.78 is 1.67. The summed E-state index contributed by atoms with van der Waals surface area (Å²) in [7, 11) is 5.54. The molecular formula is C10H16ClN3O. The molecule has 4 nitrogen and oxygen atoms in total. The van der Waals surface area contributed by atoms with Crippen molar-refractivity contribution in [2.24, 2.45) is 7.05 Å². The minimum absolute atomic E-state index is 0.143. The van der Waals surface area contributed by atoms with Crippen LogP contribution in [0.25, 0.3) is 0 Å². The zero-order valence-corrected chi connectivity index (χ0v) is 10.3. The van der Waals surface area contributed by atoms with Crippen molar-refractivity contribution in [1.82, 2.24) is 14.7 Å². The maximum atomic E-state index is 11.6. The first-order valence-electron chi connectivity index (χ1n) is 4.76. The summed E-state index contributed by atoms with van der Waals surface area (Å²) in [4.78, 5) is 13.4. The molecule has 0 aliphatic rings. The van der Waals surface area contributed by atoms with E-state index in [0.717, 1.165) is 11.4 Å². The van der Waals surface area contributed by atoms with Gasteiger partial charge in [-0.1, -0.05) is 11.6 Å². The van der Waals surface area contributed by atoms with Crippen LogP contribution in [0.3, 0.4) is 0 Å². The number of aryl methyl sites for hydroxylation is 2. The Bertz CT molecular complexity index is 371. The molecule has 84 valence electrons. The molecule has 15 heavy (non-hydrogen) atoms. The number of aromatic nitrogens is 2. The Morgan fingerprint density at radius 2 is 2.13 bits per heavy atom. The van der Waals surface area contributed by atoms with Crippen molar-refractivity contribution < 1.29 is 4.79 Å². The molecule has 0 unspecified atom stereocenters. The van der Waals surface area contributed by atoms with Crippen molar-refractivity contribution in [3.8, 4) is 0 Å². The van der Waals surface area contributed by atoms with Crippen LogP contribution in [0, 0.1) is 6.92 Å². The standard InChI is InChI=1S/C10H16ClN3O/c1-7-10(11)9(14(4)12-7)5-8(15)6-13(2)3/h5-6H2,1-4H3. The topological polar surface area (TPSA) is 38.1 Å². The number of likely N-dealkylation sites (N-methyl/N-ethyl adjacent to an activating group) is 1. The highest BCUT2D eigenvalue weighted by molar-refractivity contribution is 6.32. The molecule has 0 spiro atoms. The Labute approximate surface area is 94.8 Å². The van der Waals surface area contributed by atoms with Gasteiger partial charge in [0, 0.05) is 7.05 Å². The summed E-state index contributed by atoms with van der Waals surface area (Å²) in [6.07, 6.45) is 0.342. The van der Waals surface area contributed by atoms with Crippen molar-refractivity contribution in [3.63, 3.8) is 0 Å². The Hall–Kier alpha value is -0.870. The van der Waals surface area contributed by atoms with Gasteiger partial charge in [0.25, 0.3) is 0 Å². The van der Waals surface area contributed by atoms with Crippen LogP contribution in [0.4, 0.5) is 0 Å². The average molecular weight is 230 g/mol. The fourth-order valence-corrected chi connectivity index (χ4v) is 1.69. The van der Waals surface area contributed by atoms with Gasteiger partial charge in [-0.05, 0) is 21.0 Å². The van der Waals surface area contributed by atoms with Gasteiger partial charge < -0.3 is 4.90 Å². The second-order valence-electron chi connectivity index (χ2n) is 3.92. The van der Waals surface area contributed by atoms with E-state index in [2.05, 4.69) is 5.10 Å². The van der Waals surface area contributed by atoms with E-state index in [1.165, 1.54) is 0 Å². The molecular weight excluding hydrogens is 214 g/mol. The van der Waals surface area contributed by atoms with Gasteiger partial charge in [-0.15, -0.1) is 0 Å². The second-order valence-corrected chi connectivity index (χ2v) is 4.30. The van der Waals surface area contributed by atoms with Crippen LogP contribution in [-0.2, 0) is 18.3 Å². The molecule has 1 heterocycles. The van der Waals surface area contributed by atoms with Crippen LogP contribution in [0.1, 0.15) is 11.4 Å². The van der Waals surface area contributed by atoms with Gasteiger partial charge in [-0.2, -0.15) is 5.10 Å². The smallest absolute Gasteiger partial charge is 0.152 e. The Morgan fingerprint density at radius 3 is 2.53 bits per heavy atom. The monoisotopic (exact) mass is 229 g/mol. The second kappa shape index (κ2) is 4.77. The minimum atomic E-state index is 0.143. The Balaban J connectivity index is 2.76. The largest absolute Gasteiger partial charge is 0.302 e. The number of nitrogens with zero attached hydrogens (tertiary/aromatic N) is 3. The average Bonchev–Trinajstić information content (AvgIpc) is 2.31. The highest BCUT2D eigenvalue weighted by atomic mass is 35.5. The van der Waals surface area contributed by atoms with E-state index in [9.17, 15) is 4.79 Å². The lowest BCUT2D eigenvalue weighted by molar-refractivity contribution is -0.119. The molecule has 0 aliphatic heterocycles. The highest BCUT2D eigenvalue weighted by Gasteiger charge is 2.14. The van der Waals surface area contributed by atoms with E-state index in [-0.39, 0.29) is 5.78 Å². The lowest BCUT2D eigenvalue weighted by Crippen LogP contribution is -2.23. The van der Waals surface area contributed by atoms with E-state index in [4.69, 9.17) is 11.6 Å². The van der Waals surface area contributed by atoms with Gasteiger partial charge in [-0.25, -0.2) is 0 Å². The highest BCUT2D eigenvalue weighted by Crippen LogP contribution is 2.19. The van der Waals surface area contributed by atoms with E-state index >= 15 is 0 Å². The molecule has 0 N–H and O–H groups in total. The van der Waals surface area contributed by atoms with Crippen LogP contribution in [-0.4, -0.2) is 41.1 Å². The number of rotatable bonds is 4. The molecule has 1 aromatic heterocycles. The van der Waals surface area contributed by atoms with E-state index in [0.29, 0.717) is 18.0 Å². The van der Waals surface area contributed by atoms with Gasteiger partial charge in [0.15, 0.2) is 5.78 Å². The molecule has 1 aromatic rings. The molecule has 0 atom stereocenters. The zero-order chi connectivity index (χ0) is 11.6. The SMILES string of the molecule is Cc1nn(C)c(CC(=O)CN(C)C)c1Cl. The molecule has 0 radical (unpaired) electrons. The number of hydrogen-bond donors (Lipinski definition) is 0. The predicted octanol–water partition coefficient (Wildman–Crippen LogP) is 1.06. The normalized spacial score (nSPS) is 11.1. The summed E-state index contributed by atoms with van der Waals surface area (Å²) in [5.74, 6) is 0.143. The zero-order valence-electron chi connectivity index (χ0n) is 9.54. The number of carbonyl (C=O) groups is 1. The first-order valence-corrected chi connectivity index (χ1v) is 5.14. The summed E-state index contributed by atoms with van der Waals surface area (Å²) in [5, 5.41) is 4.76. The molecule has 0 aliphatic carbocycles. The van der Waals surface area contributed by atoms with Crippen molar-refractivity contribution in [2.45, 2.75) is 13.3 Å². The first-order chi connectivity index (χ1) is 6.91. The molecule has 0 aromatic carbocycles. The molecule has 0 saturated heterocycles. The molecule has 0 saturated carbocycles. The fraction of sp³-hybridized carbons (Fsp3) is 0.600. The third-order valence-corrected chi connectivity index (χ3v) is 2.61. The predicted molar refractivity (Wildman–Crippen MR) is 60.2 cm³/mol. The van der Waals surface area contributed by atoms with Gasteiger partial charge >= 0.3 is 0 Å². The third-order valence-electron chi connectivity index (χ3n) is 2.12. The fourth-order valence-electron chi connectivity index (χ4n) is 1.47. The lowest BCUT2D eigenvalue weighted by Gasteiger charge is -2.08. The van der Waals surface area contributed by atoms with E-state index < -0.39 is 0 Å². The Kier molecular flexibility index (Phi) is 3.88. The van der Waals surface area contributed by atoms with Crippen LogP contribution in [0.5, 0.6) is 0 Å². The maximum Gasteiger partial charge on any atom is 0.152 e. The minimum Gasteiger partial charge on any atom is -0.302 e. The summed E-state index contributed by atoms with van der Waals surface area (Å²) >= 11 is 6.05. The van der Waals surface area contributed by atoms with Gasteiger partial charge in [-0.3, -0.25) is 9.48 Å². The summed E-state index contributed by atoms with van der Waals surface area (Å²) in [6.45, 7) is 2.27. The third kappa shape index (κ3) is 3.04. The number of Topliss-reactive ketones (excluding diaryl/α,β-unsaturated/α-hetero) is 1. The van der Waals surface area contributed by atoms with Crippen LogP contribution >= 0.6 is 11.6 Å². The van der Waals surface area contributed by atoms with Crippen LogP contribution in [0.15, 0.2) is 0 Å². The van der Waals surface area contributed by atoms with Crippen molar-refractivity contribution in [2.75, 3.05) is 20.6 Å². The summed E-state index contributed by atoms with van der Waals surface area (Å²) in [6, 6.07) is 0. The summed E-state index contributed by atoms with van der Waals surface area (Å²) in [5.41, 5.74) is 1.56. The molecule has 0 fully saturated rings. The van der Waals surface area contributed by atoms with Gasteiger partial charge in [0.1, 0.15) is 0 Å². The van der Waals surface area contributed by atoms with Crippen molar-refractivity contribution >= 4 is 17.4 Å². The van der Waals surface area contributed by atoms with Crippen molar-refractivity contribution in [1.29, 1.82) is 0 Å². The number of halogens is 1. The quantitative estimate of drug-likeness (QED) is 0.775. The molecule has 5 heteroatoms.